The van der Waals surface area contributed by atoms with Gasteiger partial charge in [-0.05, 0) is 12.1 Å². The fourth-order valence-electron chi connectivity index (χ4n) is 0.839. The summed E-state index contributed by atoms with van der Waals surface area (Å²) >= 11 is 4.19. The van der Waals surface area contributed by atoms with Crippen molar-refractivity contribution in [1.82, 2.24) is 0 Å². The Morgan fingerprint density at radius 3 is 2.27 bits per heavy atom. The van der Waals surface area contributed by atoms with E-state index in [1.165, 1.54) is 0 Å². The first-order valence-corrected chi connectivity index (χ1v) is 4.26. The molecular weight excluding hydrogens is 234 g/mol. The van der Waals surface area contributed by atoms with E-state index in [-0.39, 0.29) is 24.3 Å². The number of nitrogens with two attached hydrogens (primary N) is 3. The Labute approximate surface area is 99.3 Å². The van der Waals surface area contributed by atoms with Crippen LogP contribution in [-0.4, -0.2) is 11.9 Å². The summed E-state index contributed by atoms with van der Waals surface area (Å²) in [4.78, 5) is 8.26. The molecule has 0 spiro atoms. The number of guanidine groups is 2. The Bertz CT molecular complexity index is 386. The van der Waals surface area contributed by atoms with Crippen LogP contribution < -0.4 is 17.2 Å². The number of rotatable bonds is 1. The summed E-state index contributed by atoms with van der Waals surface area (Å²) in [7, 11) is 0. The molecule has 0 saturated heterocycles. The van der Waals surface area contributed by atoms with Crippen LogP contribution in [-0.2, 0) is 0 Å². The van der Waals surface area contributed by atoms with E-state index in [4.69, 9.17) is 17.2 Å². The molecule has 7 heteroatoms. The van der Waals surface area contributed by atoms with Crippen LogP contribution in [0.15, 0.2) is 39.1 Å². The minimum absolute atomic E-state index is 0. The van der Waals surface area contributed by atoms with E-state index in [2.05, 4.69) is 22.6 Å². The number of benzene rings is 1. The second-order valence-electron chi connectivity index (χ2n) is 2.50. The zero-order chi connectivity index (χ0) is 10.6. The minimum Gasteiger partial charge on any atom is -0.370 e. The molecule has 0 aliphatic heterocycles. The molecule has 0 amide bonds. The molecule has 5 nitrogen and oxygen atoms in total. The smallest absolute Gasteiger partial charge is 0.223 e. The summed E-state index contributed by atoms with van der Waals surface area (Å²) in [5, 5.41) is 0. The van der Waals surface area contributed by atoms with Gasteiger partial charge in [-0.1, -0.05) is 12.1 Å². The molecule has 0 unspecified atom stereocenters. The van der Waals surface area contributed by atoms with Crippen molar-refractivity contribution in [3.8, 4) is 0 Å². The molecule has 0 aromatic heterocycles. The first kappa shape index (κ1) is 13.6. The fourth-order valence-corrected chi connectivity index (χ4v) is 1.05. The molecule has 0 atom stereocenters. The summed E-state index contributed by atoms with van der Waals surface area (Å²) in [5.74, 6) is -0.116. The van der Waals surface area contributed by atoms with Crippen molar-refractivity contribution in [2.75, 3.05) is 0 Å². The average molecular weight is 246 g/mol. The van der Waals surface area contributed by atoms with Crippen molar-refractivity contribution in [2.24, 2.45) is 27.2 Å². The Morgan fingerprint density at radius 2 is 1.73 bits per heavy atom. The topological polar surface area (TPSA) is 103 Å². The maximum Gasteiger partial charge on any atom is 0.223 e. The van der Waals surface area contributed by atoms with E-state index in [1.54, 1.807) is 12.1 Å². The van der Waals surface area contributed by atoms with Gasteiger partial charge < -0.3 is 17.2 Å². The molecule has 0 bridgehead atoms. The van der Waals surface area contributed by atoms with Gasteiger partial charge in [0.1, 0.15) is 0 Å². The Hall–Kier alpha value is -1.40. The quantitative estimate of drug-likeness (QED) is 0.331. The molecular formula is C8H12ClN5S. The lowest BCUT2D eigenvalue weighted by molar-refractivity contribution is 1.33. The third kappa shape index (κ3) is 4.57. The normalized spacial score (nSPS) is 10.3. The lowest BCUT2D eigenvalue weighted by Crippen LogP contribution is -2.26. The van der Waals surface area contributed by atoms with E-state index in [0.29, 0.717) is 10.6 Å². The predicted octanol–water partition coefficient (Wildman–Crippen LogP) is 0.617. The highest BCUT2D eigenvalue weighted by Crippen LogP contribution is 2.21. The van der Waals surface area contributed by atoms with E-state index in [9.17, 15) is 0 Å². The van der Waals surface area contributed by atoms with Crippen molar-refractivity contribution in [1.29, 1.82) is 0 Å². The Kier molecular flexibility index (Phi) is 5.58. The number of thiol groups is 1. The van der Waals surface area contributed by atoms with Crippen molar-refractivity contribution in [3.05, 3.63) is 24.3 Å². The van der Waals surface area contributed by atoms with Crippen molar-refractivity contribution >= 4 is 42.6 Å². The number of hydrogen-bond donors (Lipinski definition) is 4. The van der Waals surface area contributed by atoms with Gasteiger partial charge in [0.15, 0.2) is 5.96 Å². The van der Waals surface area contributed by atoms with Crippen LogP contribution in [0.3, 0.4) is 0 Å². The lowest BCUT2D eigenvalue weighted by atomic mass is 10.3. The molecule has 82 valence electrons. The number of halogens is 1. The molecule has 1 rings (SSSR count). The molecule has 0 fully saturated rings. The summed E-state index contributed by atoms with van der Waals surface area (Å²) in [5.41, 5.74) is 16.3. The van der Waals surface area contributed by atoms with Crippen LogP contribution in [0, 0.1) is 0 Å². The highest BCUT2D eigenvalue weighted by Gasteiger charge is 1.96. The molecule has 6 N–H and O–H groups in total. The monoisotopic (exact) mass is 245 g/mol. The molecule has 0 aliphatic rings. The van der Waals surface area contributed by atoms with Crippen LogP contribution in [0.1, 0.15) is 0 Å². The minimum atomic E-state index is -0.122. The second-order valence-corrected chi connectivity index (χ2v) is 2.98. The second kappa shape index (κ2) is 6.15. The summed E-state index contributed by atoms with van der Waals surface area (Å²) in [6.45, 7) is 0. The van der Waals surface area contributed by atoms with Gasteiger partial charge in [-0.25, -0.2) is 4.99 Å². The zero-order valence-corrected chi connectivity index (χ0v) is 9.50. The Balaban J connectivity index is 0.00000196. The van der Waals surface area contributed by atoms with Gasteiger partial charge in [-0.3, -0.25) is 0 Å². The highest BCUT2D eigenvalue weighted by atomic mass is 35.5. The van der Waals surface area contributed by atoms with Gasteiger partial charge in [0.25, 0.3) is 0 Å². The molecule has 1 aromatic rings. The zero-order valence-electron chi connectivity index (χ0n) is 7.79. The van der Waals surface area contributed by atoms with Gasteiger partial charge in [0.2, 0.25) is 5.96 Å². The maximum atomic E-state index is 5.44. The highest BCUT2D eigenvalue weighted by molar-refractivity contribution is 7.80. The van der Waals surface area contributed by atoms with Crippen LogP contribution in [0.5, 0.6) is 0 Å². The van der Waals surface area contributed by atoms with E-state index < -0.39 is 0 Å². The van der Waals surface area contributed by atoms with Crippen molar-refractivity contribution in [3.63, 3.8) is 0 Å². The largest absolute Gasteiger partial charge is 0.370 e. The molecule has 0 aliphatic carbocycles. The lowest BCUT2D eigenvalue weighted by Gasteiger charge is -1.98. The molecule has 15 heavy (non-hydrogen) atoms. The SMILES string of the molecule is Cl.NC(N)=NC(N)=Nc1ccccc1S. The van der Waals surface area contributed by atoms with E-state index >= 15 is 0 Å². The fraction of sp³-hybridized carbons (Fsp3) is 0. The van der Waals surface area contributed by atoms with Gasteiger partial charge in [0.05, 0.1) is 5.69 Å². The van der Waals surface area contributed by atoms with Crippen LogP contribution in [0.2, 0.25) is 0 Å². The summed E-state index contributed by atoms with van der Waals surface area (Å²) in [6.07, 6.45) is 0. The first-order valence-electron chi connectivity index (χ1n) is 3.81. The van der Waals surface area contributed by atoms with E-state index in [1.807, 2.05) is 12.1 Å². The average Bonchev–Trinajstić information content (AvgIpc) is 2.07. The molecule has 0 radical (unpaired) electrons. The van der Waals surface area contributed by atoms with Gasteiger partial charge in [-0.2, -0.15) is 4.99 Å². The number of aliphatic imine (C=N–C) groups is 2. The first-order chi connectivity index (χ1) is 6.59. The number of nitrogens with zero attached hydrogens (tertiary/aromatic N) is 2. The van der Waals surface area contributed by atoms with Gasteiger partial charge in [0, 0.05) is 4.90 Å². The Morgan fingerprint density at radius 1 is 1.13 bits per heavy atom. The van der Waals surface area contributed by atoms with Crippen LogP contribution in [0.4, 0.5) is 5.69 Å². The van der Waals surface area contributed by atoms with Crippen LogP contribution >= 0.6 is 25.0 Å². The third-order valence-electron chi connectivity index (χ3n) is 1.36. The van der Waals surface area contributed by atoms with Gasteiger partial charge in [-0.15, -0.1) is 25.0 Å². The third-order valence-corrected chi connectivity index (χ3v) is 1.74. The van der Waals surface area contributed by atoms with Crippen molar-refractivity contribution < 1.29 is 0 Å². The summed E-state index contributed by atoms with van der Waals surface area (Å²) in [6, 6.07) is 7.22. The van der Waals surface area contributed by atoms with Gasteiger partial charge >= 0.3 is 0 Å². The maximum absolute atomic E-state index is 5.44. The molecule has 0 heterocycles. The number of para-hydroxylation sites is 1. The standard InChI is InChI=1S/C8H11N5S.ClH/c9-7(10)13-8(11)12-5-3-1-2-4-6(5)14;/h1-4,14H,(H6,9,10,11,12,13);1H. The number of hydrogen-bond acceptors (Lipinski definition) is 2. The molecule has 0 saturated carbocycles. The van der Waals surface area contributed by atoms with E-state index in [0.717, 1.165) is 0 Å². The van der Waals surface area contributed by atoms with Crippen LogP contribution in [0.25, 0.3) is 0 Å². The van der Waals surface area contributed by atoms with Crippen molar-refractivity contribution in [2.45, 2.75) is 4.90 Å². The summed E-state index contributed by atoms with van der Waals surface area (Å²) < 4.78 is 0. The molecule has 1 aromatic carbocycles. The predicted molar refractivity (Wildman–Crippen MR) is 68.0 cm³/mol.